The Bertz CT molecular complexity index is 496. The molecule has 0 aliphatic heterocycles. The SMILES string of the molecule is CNC(C)(C#N)COc1cccc(C)c1[N+](=O)[O-]. The number of aryl methyl sites for hydroxylation is 1. The van der Waals surface area contributed by atoms with Crippen LogP contribution in [0.25, 0.3) is 0 Å². The van der Waals surface area contributed by atoms with Crippen LogP contribution in [0, 0.1) is 28.4 Å². The van der Waals surface area contributed by atoms with Crippen molar-refractivity contribution >= 4 is 5.69 Å². The van der Waals surface area contributed by atoms with Crippen LogP contribution >= 0.6 is 0 Å². The van der Waals surface area contributed by atoms with Gasteiger partial charge in [0.15, 0.2) is 5.75 Å². The van der Waals surface area contributed by atoms with Crippen molar-refractivity contribution < 1.29 is 9.66 Å². The van der Waals surface area contributed by atoms with Crippen LogP contribution in [0.2, 0.25) is 0 Å². The third kappa shape index (κ3) is 2.96. The Morgan fingerprint density at radius 1 is 1.61 bits per heavy atom. The summed E-state index contributed by atoms with van der Waals surface area (Å²) in [5, 5.41) is 22.7. The van der Waals surface area contributed by atoms with E-state index in [9.17, 15) is 10.1 Å². The maximum absolute atomic E-state index is 11.0. The van der Waals surface area contributed by atoms with Crippen LogP contribution in [0.5, 0.6) is 5.75 Å². The number of nitrogens with zero attached hydrogens (tertiary/aromatic N) is 2. The van der Waals surface area contributed by atoms with Gasteiger partial charge in [0.1, 0.15) is 12.1 Å². The third-order valence-electron chi connectivity index (χ3n) is 2.70. The van der Waals surface area contributed by atoms with E-state index in [1.807, 2.05) is 0 Å². The Morgan fingerprint density at radius 2 is 2.28 bits per heavy atom. The van der Waals surface area contributed by atoms with Gasteiger partial charge in [0.2, 0.25) is 0 Å². The molecular weight excluding hydrogens is 234 g/mol. The van der Waals surface area contributed by atoms with Gasteiger partial charge in [0, 0.05) is 5.56 Å². The number of hydrogen-bond donors (Lipinski definition) is 1. The van der Waals surface area contributed by atoms with Crippen molar-refractivity contribution in [2.24, 2.45) is 0 Å². The summed E-state index contributed by atoms with van der Waals surface area (Å²) in [6.45, 7) is 3.34. The van der Waals surface area contributed by atoms with Crippen LogP contribution in [0.3, 0.4) is 0 Å². The molecule has 1 N–H and O–H groups in total. The van der Waals surface area contributed by atoms with Crippen LogP contribution in [0.4, 0.5) is 5.69 Å². The molecule has 0 aromatic heterocycles. The highest BCUT2D eigenvalue weighted by molar-refractivity contribution is 5.52. The fourth-order valence-electron chi connectivity index (χ4n) is 1.36. The number of nitrogens with one attached hydrogen (secondary N) is 1. The minimum atomic E-state index is -0.877. The molecule has 0 radical (unpaired) electrons. The van der Waals surface area contributed by atoms with Crippen LogP contribution in [-0.2, 0) is 0 Å². The zero-order chi connectivity index (χ0) is 13.8. The molecule has 0 heterocycles. The lowest BCUT2D eigenvalue weighted by atomic mass is 10.1. The second-order valence-corrected chi connectivity index (χ2v) is 4.16. The van der Waals surface area contributed by atoms with Gasteiger partial charge in [-0.2, -0.15) is 5.26 Å². The van der Waals surface area contributed by atoms with Gasteiger partial charge in [0.25, 0.3) is 0 Å². The molecule has 0 fully saturated rings. The van der Waals surface area contributed by atoms with E-state index < -0.39 is 10.5 Å². The summed E-state index contributed by atoms with van der Waals surface area (Å²) in [5.41, 5.74) is -0.410. The lowest BCUT2D eigenvalue weighted by Crippen LogP contribution is -2.43. The van der Waals surface area contributed by atoms with Crippen molar-refractivity contribution in [2.45, 2.75) is 19.4 Å². The van der Waals surface area contributed by atoms with E-state index in [-0.39, 0.29) is 18.0 Å². The zero-order valence-corrected chi connectivity index (χ0v) is 10.6. The predicted molar refractivity (Wildman–Crippen MR) is 66.4 cm³/mol. The summed E-state index contributed by atoms with van der Waals surface area (Å²) in [4.78, 5) is 10.5. The number of nitro groups is 1. The molecule has 1 aromatic carbocycles. The summed E-state index contributed by atoms with van der Waals surface area (Å²) in [6, 6.07) is 6.91. The van der Waals surface area contributed by atoms with Gasteiger partial charge in [-0.25, -0.2) is 0 Å². The lowest BCUT2D eigenvalue weighted by molar-refractivity contribution is -0.386. The molecule has 96 valence electrons. The normalized spacial score (nSPS) is 13.4. The smallest absolute Gasteiger partial charge is 0.313 e. The maximum atomic E-state index is 11.0. The minimum Gasteiger partial charge on any atom is -0.484 e. The molecule has 0 saturated carbocycles. The minimum absolute atomic E-state index is 0.0320. The molecule has 6 heteroatoms. The second-order valence-electron chi connectivity index (χ2n) is 4.16. The lowest BCUT2D eigenvalue weighted by Gasteiger charge is -2.20. The van der Waals surface area contributed by atoms with Gasteiger partial charge >= 0.3 is 5.69 Å². The summed E-state index contributed by atoms with van der Waals surface area (Å²) in [7, 11) is 1.64. The van der Waals surface area contributed by atoms with Crippen LogP contribution in [0.15, 0.2) is 18.2 Å². The van der Waals surface area contributed by atoms with Crippen molar-refractivity contribution in [3.8, 4) is 11.8 Å². The monoisotopic (exact) mass is 249 g/mol. The first-order valence-electron chi connectivity index (χ1n) is 5.40. The Balaban J connectivity index is 2.96. The number of benzene rings is 1. The predicted octanol–water partition coefficient (Wildman–Crippen LogP) is 1.78. The molecule has 0 amide bonds. The molecule has 0 aliphatic carbocycles. The van der Waals surface area contributed by atoms with Crippen molar-refractivity contribution in [1.82, 2.24) is 5.32 Å². The molecule has 6 nitrogen and oxygen atoms in total. The number of likely N-dealkylation sites (N-methyl/N-ethyl adjacent to an activating group) is 1. The van der Waals surface area contributed by atoms with E-state index in [2.05, 4.69) is 11.4 Å². The molecule has 0 aliphatic rings. The molecule has 0 bridgehead atoms. The van der Waals surface area contributed by atoms with E-state index >= 15 is 0 Å². The Labute approximate surface area is 105 Å². The molecule has 1 rings (SSSR count). The first-order chi connectivity index (χ1) is 8.43. The Morgan fingerprint density at radius 3 is 2.78 bits per heavy atom. The third-order valence-corrected chi connectivity index (χ3v) is 2.70. The quantitative estimate of drug-likeness (QED) is 0.634. The van der Waals surface area contributed by atoms with Gasteiger partial charge in [-0.1, -0.05) is 12.1 Å². The fourth-order valence-corrected chi connectivity index (χ4v) is 1.36. The molecule has 0 spiro atoms. The number of rotatable bonds is 5. The number of hydrogen-bond acceptors (Lipinski definition) is 5. The van der Waals surface area contributed by atoms with E-state index in [1.54, 1.807) is 33.0 Å². The first kappa shape index (κ1) is 13.9. The zero-order valence-electron chi connectivity index (χ0n) is 10.6. The number of nitriles is 1. The van der Waals surface area contributed by atoms with Gasteiger partial charge in [-0.05, 0) is 27.0 Å². The molecule has 1 aromatic rings. The summed E-state index contributed by atoms with van der Waals surface area (Å²) < 4.78 is 5.40. The number of para-hydroxylation sites is 1. The Kier molecular flexibility index (Phi) is 4.23. The Hall–Kier alpha value is -2.13. The molecule has 0 saturated heterocycles. The summed E-state index contributed by atoms with van der Waals surface area (Å²) >= 11 is 0. The fraction of sp³-hybridized carbons (Fsp3) is 0.417. The van der Waals surface area contributed by atoms with E-state index in [0.29, 0.717) is 5.56 Å². The van der Waals surface area contributed by atoms with Crippen molar-refractivity contribution in [2.75, 3.05) is 13.7 Å². The molecule has 1 unspecified atom stereocenters. The van der Waals surface area contributed by atoms with Crippen molar-refractivity contribution in [3.05, 3.63) is 33.9 Å². The number of ether oxygens (including phenoxy) is 1. The second kappa shape index (κ2) is 5.47. The van der Waals surface area contributed by atoms with Crippen LogP contribution < -0.4 is 10.1 Å². The topological polar surface area (TPSA) is 88.2 Å². The standard InChI is InChI=1S/C12H15N3O3/c1-9-5-4-6-10(11(9)15(16)17)18-8-12(2,7-13)14-3/h4-6,14H,8H2,1-3H3. The van der Waals surface area contributed by atoms with Crippen LogP contribution in [-0.4, -0.2) is 24.1 Å². The van der Waals surface area contributed by atoms with E-state index in [4.69, 9.17) is 10.00 Å². The van der Waals surface area contributed by atoms with Gasteiger partial charge in [-0.15, -0.1) is 0 Å². The van der Waals surface area contributed by atoms with Gasteiger partial charge in [0.05, 0.1) is 11.0 Å². The average Bonchev–Trinajstić information content (AvgIpc) is 2.35. The molecule has 18 heavy (non-hydrogen) atoms. The van der Waals surface area contributed by atoms with E-state index in [1.165, 1.54) is 6.07 Å². The summed E-state index contributed by atoms with van der Waals surface area (Å²) in [6.07, 6.45) is 0. The highest BCUT2D eigenvalue weighted by atomic mass is 16.6. The highest BCUT2D eigenvalue weighted by Crippen LogP contribution is 2.30. The van der Waals surface area contributed by atoms with E-state index in [0.717, 1.165) is 0 Å². The first-order valence-corrected chi connectivity index (χ1v) is 5.40. The largest absolute Gasteiger partial charge is 0.484 e. The molecule has 1 atom stereocenters. The number of nitro benzene ring substituents is 1. The van der Waals surface area contributed by atoms with Crippen LogP contribution in [0.1, 0.15) is 12.5 Å². The maximum Gasteiger partial charge on any atom is 0.313 e. The highest BCUT2D eigenvalue weighted by Gasteiger charge is 2.25. The molecular formula is C12H15N3O3. The van der Waals surface area contributed by atoms with Crippen molar-refractivity contribution in [1.29, 1.82) is 5.26 Å². The summed E-state index contributed by atoms with van der Waals surface area (Å²) in [5.74, 6) is 0.178. The van der Waals surface area contributed by atoms with Crippen molar-refractivity contribution in [3.63, 3.8) is 0 Å². The van der Waals surface area contributed by atoms with Gasteiger partial charge < -0.3 is 4.74 Å². The average molecular weight is 249 g/mol. The van der Waals surface area contributed by atoms with Gasteiger partial charge in [-0.3, -0.25) is 15.4 Å².